The molecule has 1 aromatic heterocycles. The largest absolute Gasteiger partial charge is 0.454 e. The van der Waals surface area contributed by atoms with Gasteiger partial charge in [0.1, 0.15) is 6.04 Å². The van der Waals surface area contributed by atoms with Crippen molar-refractivity contribution in [2.75, 3.05) is 19.7 Å². The fourth-order valence-corrected chi connectivity index (χ4v) is 4.50. The monoisotopic (exact) mass is 398 g/mol. The number of carbonyl (C=O) groups is 3. The van der Waals surface area contributed by atoms with E-state index in [0.717, 1.165) is 18.4 Å². The summed E-state index contributed by atoms with van der Waals surface area (Å²) in [5, 5.41) is 1.84. The highest BCUT2D eigenvalue weighted by Gasteiger charge is 2.36. The van der Waals surface area contributed by atoms with Gasteiger partial charge in [-0.1, -0.05) is 30.3 Å². The summed E-state index contributed by atoms with van der Waals surface area (Å²) in [6.45, 7) is 1.42. The molecule has 7 heteroatoms. The van der Waals surface area contributed by atoms with Gasteiger partial charge in [0.2, 0.25) is 0 Å². The first-order chi connectivity index (χ1) is 13.6. The number of amides is 2. The van der Waals surface area contributed by atoms with Crippen LogP contribution in [0.25, 0.3) is 0 Å². The first kappa shape index (κ1) is 18.7. The molecule has 146 valence electrons. The topological polar surface area (TPSA) is 66.9 Å². The van der Waals surface area contributed by atoms with Crippen molar-refractivity contribution >= 4 is 29.1 Å². The molecule has 1 fully saturated rings. The summed E-state index contributed by atoms with van der Waals surface area (Å²) in [5.41, 5.74) is 2.40. The smallest absolute Gasteiger partial charge is 0.329 e. The number of thiophene rings is 1. The average molecular weight is 398 g/mol. The maximum absolute atomic E-state index is 12.6. The number of benzene rings is 1. The van der Waals surface area contributed by atoms with Gasteiger partial charge < -0.3 is 14.5 Å². The normalized spacial score (nSPS) is 18.6. The maximum atomic E-state index is 12.6. The van der Waals surface area contributed by atoms with Crippen LogP contribution in [0.15, 0.2) is 41.8 Å². The second-order valence-electron chi connectivity index (χ2n) is 7.08. The Bertz CT molecular complexity index is 880. The standard InChI is InChI=1S/C21H22N2O4S/c24-19(22-11-9-15-5-1-2-6-16(15)13-22)14-27-21(26)17-7-3-10-23(17)20(25)18-8-4-12-28-18/h1-2,4-6,8,12,17H,3,7,9-11,13-14H2. The van der Waals surface area contributed by atoms with Gasteiger partial charge in [-0.2, -0.15) is 0 Å². The Morgan fingerprint density at radius 2 is 1.89 bits per heavy atom. The average Bonchev–Trinajstić information content (AvgIpc) is 3.43. The molecule has 2 aliphatic rings. The first-order valence-electron chi connectivity index (χ1n) is 9.49. The van der Waals surface area contributed by atoms with Crippen molar-refractivity contribution in [2.45, 2.75) is 31.8 Å². The Balaban J connectivity index is 1.32. The summed E-state index contributed by atoms with van der Waals surface area (Å²) in [5.74, 6) is -0.835. The molecule has 28 heavy (non-hydrogen) atoms. The number of nitrogens with zero attached hydrogens (tertiary/aromatic N) is 2. The van der Waals surface area contributed by atoms with Crippen LogP contribution in [0.2, 0.25) is 0 Å². The zero-order valence-electron chi connectivity index (χ0n) is 15.5. The zero-order chi connectivity index (χ0) is 19.5. The maximum Gasteiger partial charge on any atom is 0.329 e. The van der Waals surface area contributed by atoms with Crippen molar-refractivity contribution in [1.82, 2.24) is 9.80 Å². The van der Waals surface area contributed by atoms with E-state index in [4.69, 9.17) is 4.74 Å². The van der Waals surface area contributed by atoms with Crippen molar-refractivity contribution in [1.29, 1.82) is 0 Å². The van der Waals surface area contributed by atoms with Gasteiger partial charge in [-0.15, -0.1) is 11.3 Å². The quantitative estimate of drug-likeness (QED) is 0.742. The fourth-order valence-electron chi connectivity index (χ4n) is 3.83. The van der Waals surface area contributed by atoms with Crippen LogP contribution in [0.4, 0.5) is 0 Å². The number of fused-ring (bicyclic) bond motifs is 1. The van der Waals surface area contributed by atoms with Crippen molar-refractivity contribution in [3.8, 4) is 0 Å². The number of esters is 1. The van der Waals surface area contributed by atoms with Crippen LogP contribution >= 0.6 is 11.3 Å². The second-order valence-corrected chi connectivity index (χ2v) is 8.02. The lowest BCUT2D eigenvalue weighted by molar-refractivity contribution is -0.155. The molecular formula is C21H22N2O4S. The number of ether oxygens (including phenoxy) is 1. The minimum absolute atomic E-state index is 0.145. The molecule has 1 saturated heterocycles. The van der Waals surface area contributed by atoms with Crippen LogP contribution in [0.1, 0.15) is 33.6 Å². The molecule has 1 aromatic carbocycles. The third-order valence-corrected chi connectivity index (χ3v) is 6.20. The van der Waals surface area contributed by atoms with E-state index in [1.807, 2.05) is 29.6 Å². The van der Waals surface area contributed by atoms with E-state index in [1.165, 1.54) is 16.9 Å². The van der Waals surface area contributed by atoms with E-state index in [2.05, 4.69) is 6.07 Å². The Labute approximate surface area is 167 Å². The number of rotatable bonds is 4. The molecule has 0 bridgehead atoms. The molecular weight excluding hydrogens is 376 g/mol. The van der Waals surface area contributed by atoms with Crippen LogP contribution in [-0.2, 0) is 27.3 Å². The highest BCUT2D eigenvalue weighted by Crippen LogP contribution is 2.23. The molecule has 0 radical (unpaired) electrons. The Hall–Kier alpha value is -2.67. The summed E-state index contributed by atoms with van der Waals surface area (Å²) in [6.07, 6.45) is 2.14. The molecule has 0 saturated carbocycles. The van der Waals surface area contributed by atoms with Crippen LogP contribution in [0.3, 0.4) is 0 Å². The minimum Gasteiger partial charge on any atom is -0.454 e. The number of likely N-dealkylation sites (tertiary alicyclic amines) is 1. The molecule has 0 spiro atoms. The van der Waals surface area contributed by atoms with E-state index >= 15 is 0 Å². The summed E-state index contributed by atoms with van der Waals surface area (Å²) in [7, 11) is 0. The molecule has 1 atom stereocenters. The van der Waals surface area contributed by atoms with Crippen molar-refractivity contribution in [3.05, 3.63) is 57.8 Å². The van der Waals surface area contributed by atoms with E-state index < -0.39 is 12.0 Å². The summed E-state index contributed by atoms with van der Waals surface area (Å²) >= 11 is 1.36. The lowest BCUT2D eigenvalue weighted by atomic mass is 10.00. The predicted molar refractivity (Wildman–Crippen MR) is 105 cm³/mol. The minimum atomic E-state index is -0.607. The van der Waals surface area contributed by atoms with Gasteiger partial charge in [0.25, 0.3) is 11.8 Å². The van der Waals surface area contributed by atoms with E-state index in [1.54, 1.807) is 15.9 Å². The Kier molecular flexibility index (Phi) is 5.43. The van der Waals surface area contributed by atoms with Crippen molar-refractivity contribution in [2.24, 2.45) is 0 Å². The number of hydrogen-bond donors (Lipinski definition) is 0. The molecule has 4 rings (SSSR count). The van der Waals surface area contributed by atoms with E-state index in [-0.39, 0.29) is 18.4 Å². The van der Waals surface area contributed by atoms with Gasteiger partial charge >= 0.3 is 5.97 Å². The summed E-state index contributed by atoms with van der Waals surface area (Å²) in [4.78, 5) is 41.5. The molecule has 0 aliphatic carbocycles. The van der Waals surface area contributed by atoms with E-state index in [0.29, 0.717) is 30.9 Å². The van der Waals surface area contributed by atoms with Gasteiger partial charge in [-0.05, 0) is 41.8 Å². The molecule has 2 amide bonds. The van der Waals surface area contributed by atoms with Crippen LogP contribution in [0.5, 0.6) is 0 Å². The highest BCUT2D eigenvalue weighted by atomic mass is 32.1. The Morgan fingerprint density at radius 1 is 1.07 bits per heavy atom. The van der Waals surface area contributed by atoms with Crippen molar-refractivity contribution < 1.29 is 19.1 Å². The third kappa shape index (κ3) is 3.80. The van der Waals surface area contributed by atoms with Gasteiger partial charge in [0, 0.05) is 19.6 Å². The Morgan fingerprint density at radius 3 is 2.68 bits per heavy atom. The van der Waals surface area contributed by atoms with Gasteiger partial charge in [0.05, 0.1) is 4.88 Å². The van der Waals surface area contributed by atoms with Crippen molar-refractivity contribution in [3.63, 3.8) is 0 Å². The van der Waals surface area contributed by atoms with Crippen LogP contribution in [-0.4, -0.2) is 53.3 Å². The predicted octanol–water partition coefficient (Wildman–Crippen LogP) is 2.48. The molecule has 2 aliphatic heterocycles. The molecule has 2 aromatic rings. The molecule has 3 heterocycles. The number of hydrogen-bond acceptors (Lipinski definition) is 5. The highest BCUT2D eigenvalue weighted by molar-refractivity contribution is 7.12. The third-order valence-electron chi connectivity index (χ3n) is 5.34. The number of carbonyl (C=O) groups excluding carboxylic acids is 3. The molecule has 1 unspecified atom stereocenters. The zero-order valence-corrected chi connectivity index (χ0v) is 16.3. The lowest BCUT2D eigenvalue weighted by Gasteiger charge is -2.29. The molecule has 0 N–H and O–H groups in total. The summed E-state index contributed by atoms with van der Waals surface area (Å²) < 4.78 is 5.31. The first-order valence-corrected chi connectivity index (χ1v) is 10.4. The summed E-state index contributed by atoms with van der Waals surface area (Å²) in [6, 6.07) is 11.0. The van der Waals surface area contributed by atoms with E-state index in [9.17, 15) is 14.4 Å². The van der Waals surface area contributed by atoms with Gasteiger partial charge in [-0.3, -0.25) is 9.59 Å². The van der Waals surface area contributed by atoms with Gasteiger partial charge in [-0.25, -0.2) is 4.79 Å². The molecule has 6 nitrogen and oxygen atoms in total. The second kappa shape index (κ2) is 8.14. The van der Waals surface area contributed by atoms with Crippen LogP contribution < -0.4 is 0 Å². The van der Waals surface area contributed by atoms with Crippen LogP contribution in [0, 0.1) is 0 Å². The fraction of sp³-hybridized carbons (Fsp3) is 0.381. The SMILES string of the molecule is O=C(OCC(=O)N1CCc2ccccc2C1)C1CCCN1C(=O)c1cccs1. The lowest BCUT2D eigenvalue weighted by Crippen LogP contribution is -2.43. The van der Waals surface area contributed by atoms with Gasteiger partial charge in [0.15, 0.2) is 6.61 Å².